The van der Waals surface area contributed by atoms with Gasteiger partial charge in [-0.1, -0.05) is 43.5 Å². The predicted octanol–water partition coefficient (Wildman–Crippen LogP) is 5.61. The molecule has 0 saturated heterocycles. The summed E-state index contributed by atoms with van der Waals surface area (Å²) in [6, 6.07) is 16.7. The number of pyridine rings is 1. The van der Waals surface area contributed by atoms with Crippen molar-refractivity contribution < 1.29 is 16.8 Å². The van der Waals surface area contributed by atoms with E-state index < -0.39 is 19.7 Å². The zero-order valence-corrected chi connectivity index (χ0v) is 22.1. The Hall–Kier alpha value is -2.55. The summed E-state index contributed by atoms with van der Waals surface area (Å²) < 4.78 is 54.5. The number of rotatable bonds is 8. The average molecular weight is 525 g/mol. The van der Waals surface area contributed by atoms with E-state index in [9.17, 15) is 16.8 Å². The second-order valence-corrected chi connectivity index (χ2v) is 13.7. The van der Waals surface area contributed by atoms with Gasteiger partial charge in [0, 0.05) is 18.3 Å². The molecule has 2 aliphatic carbocycles. The van der Waals surface area contributed by atoms with Crippen molar-refractivity contribution >= 4 is 19.7 Å². The molecule has 2 saturated carbocycles. The molecule has 1 heterocycles. The summed E-state index contributed by atoms with van der Waals surface area (Å²) >= 11 is 0. The van der Waals surface area contributed by atoms with Gasteiger partial charge in [-0.3, -0.25) is 0 Å². The van der Waals surface area contributed by atoms with E-state index in [1.807, 2.05) is 12.1 Å². The van der Waals surface area contributed by atoms with Crippen molar-refractivity contribution in [3.63, 3.8) is 0 Å². The van der Waals surface area contributed by atoms with E-state index in [0.717, 1.165) is 24.0 Å². The number of aromatic nitrogens is 1. The van der Waals surface area contributed by atoms with Crippen molar-refractivity contribution in [1.82, 2.24) is 10.3 Å². The Morgan fingerprint density at radius 2 is 1.53 bits per heavy atom. The monoisotopic (exact) mass is 524 g/mol. The second-order valence-electron chi connectivity index (χ2n) is 9.95. The zero-order chi connectivity index (χ0) is 25.3. The van der Waals surface area contributed by atoms with Crippen LogP contribution in [0.25, 0.3) is 0 Å². The van der Waals surface area contributed by atoms with E-state index in [2.05, 4.69) is 17.2 Å². The van der Waals surface area contributed by atoms with Gasteiger partial charge < -0.3 is 5.32 Å². The fourth-order valence-corrected chi connectivity index (χ4v) is 8.31. The van der Waals surface area contributed by atoms with Crippen molar-refractivity contribution in [2.45, 2.75) is 89.6 Å². The smallest absolute Gasteiger partial charge is 0.225 e. The topological polar surface area (TPSA) is 93.2 Å². The molecule has 3 aromatic rings. The van der Waals surface area contributed by atoms with E-state index in [-0.39, 0.29) is 31.7 Å². The van der Waals surface area contributed by atoms with Crippen LogP contribution in [0, 0.1) is 0 Å². The highest BCUT2D eigenvalue weighted by molar-refractivity contribution is 7.94. The molecular weight excluding hydrogens is 492 g/mol. The van der Waals surface area contributed by atoms with Gasteiger partial charge >= 0.3 is 0 Å². The summed E-state index contributed by atoms with van der Waals surface area (Å²) in [7, 11) is -8.21. The van der Waals surface area contributed by atoms with Crippen molar-refractivity contribution in [3.05, 3.63) is 78.0 Å². The lowest BCUT2D eigenvalue weighted by Gasteiger charge is -2.27. The van der Waals surface area contributed by atoms with Crippen LogP contribution >= 0.6 is 0 Å². The highest BCUT2D eigenvalue weighted by atomic mass is 32.2. The SMILES string of the molecule is CC(NC1CCCCC1)c1ccc(S(=O)(=O)c2ccc(C3CC3)cc2S(=O)(=O)c2ccccn2)cc1. The van der Waals surface area contributed by atoms with Gasteiger partial charge in [0.1, 0.15) is 0 Å². The highest BCUT2D eigenvalue weighted by Crippen LogP contribution is 2.42. The summed E-state index contributed by atoms with van der Waals surface area (Å²) in [6.07, 6.45) is 9.46. The van der Waals surface area contributed by atoms with Crippen molar-refractivity contribution in [1.29, 1.82) is 0 Å². The number of hydrogen-bond donors (Lipinski definition) is 1. The fraction of sp³-hybridized carbons (Fsp3) is 0.393. The third kappa shape index (κ3) is 5.12. The first-order valence-electron chi connectivity index (χ1n) is 12.7. The van der Waals surface area contributed by atoms with E-state index >= 15 is 0 Å². The fourth-order valence-electron chi connectivity index (χ4n) is 5.03. The molecule has 0 bridgehead atoms. The van der Waals surface area contributed by atoms with E-state index in [1.165, 1.54) is 56.5 Å². The number of nitrogens with one attached hydrogen (secondary N) is 1. The Kier molecular flexibility index (Phi) is 7.03. The first-order chi connectivity index (χ1) is 17.3. The predicted molar refractivity (Wildman–Crippen MR) is 138 cm³/mol. The number of nitrogens with zero attached hydrogens (tertiary/aromatic N) is 1. The van der Waals surface area contributed by atoms with Crippen LogP contribution in [-0.4, -0.2) is 27.9 Å². The maximum absolute atomic E-state index is 13.7. The van der Waals surface area contributed by atoms with Gasteiger partial charge in [0.25, 0.3) is 0 Å². The molecule has 2 aromatic carbocycles. The lowest BCUT2D eigenvalue weighted by Crippen LogP contribution is -2.33. The molecule has 190 valence electrons. The van der Waals surface area contributed by atoms with Crippen molar-refractivity contribution in [2.75, 3.05) is 0 Å². The third-order valence-corrected chi connectivity index (χ3v) is 11.0. The minimum absolute atomic E-state index is 0.0766. The molecule has 8 heteroatoms. The molecule has 2 aliphatic rings. The first-order valence-corrected chi connectivity index (χ1v) is 15.6. The van der Waals surface area contributed by atoms with Crippen LogP contribution in [0.1, 0.15) is 75.0 Å². The molecule has 0 aliphatic heterocycles. The van der Waals surface area contributed by atoms with E-state index in [1.54, 1.807) is 30.3 Å². The third-order valence-electron chi connectivity index (χ3n) is 7.29. The summed E-state index contributed by atoms with van der Waals surface area (Å²) in [4.78, 5) is 3.66. The van der Waals surface area contributed by atoms with Crippen LogP contribution < -0.4 is 5.32 Å². The standard InChI is InChI=1S/C28H32N2O4S2/c1-20(30-24-7-3-2-4-8-24)21-12-15-25(16-13-21)35(31,32)26-17-14-23(22-10-11-22)19-27(26)36(33,34)28-9-5-6-18-29-28/h5-6,9,12-20,22,24,30H,2-4,7-8,10-11H2,1H3. The van der Waals surface area contributed by atoms with Crippen LogP contribution in [0.5, 0.6) is 0 Å². The Morgan fingerprint density at radius 1 is 0.806 bits per heavy atom. The molecular formula is C28H32N2O4S2. The molecule has 1 unspecified atom stereocenters. The Balaban J connectivity index is 1.48. The molecule has 6 nitrogen and oxygen atoms in total. The van der Waals surface area contributed by atoms with Gasteiger partial charge in [-0.05, 0) is 86.1 Å². The lowest BCUT2D eigenvalue weighted by atomic mass is 9.94. The molecule has 0 spiro atoms. The average Bonchev–Trinajstić information content (AvgIpc) is 3.75. The van der Waals surface area contributed by atoms with Gasteiger partial charge in [0.15, 0.2) is 5.03 Å². The Morgan fingerprint density at radius 3 is 2.17 bits per heavy atom. The normalized spacial score (nSPS) is 18.1. The molecule has 0 radical (unpaired) electrons. The van der Waals surface area contributed by atoms with E-state index in [4.69, 9.17) is 0 Å². The van der Waals surface area contributed by atoms with Gasteiger partial charge in [-0.2, -0.15) is 0 Å². The highest BCUT2D eigenvalue weighted by Gasteiger charge is 2.33. The molecule has 0 amide bonds. The van der Waals surface area contributed by atoms with Crippen LogP contribution in [-0.2, 0) is 19.7 Å². The Labute approximate surface area is 214 Å². The number of hydrogen-bond acceptors (Lipinski definition) is 6. The minimum Gasteiger partial charge on any atom is -0.307 e. The van der Waals surface area contributed by atoms with Gasteiger partial charge in [0.2, 0.25) is 19.7 Å². The molecule has 1 atom stereocenters. The van der Waals surface area contributed by atoms with Crippen LogP contribution in [0.4, 0.5) is 0 Å². The van der Waals surface area contributed by atoms with Crippen molar-refractivity contribution in [2.24, 2.45) is 0 Å². The molecule has 5 rings (SSSR count). The number of sulfone groups is 2. The van der Waals surface area contributed by atoms with E-state index in [0.29, 0.717) is 6.04 Å². The van der Waals surface area contributed by atoms with Crippen LogP contribution in [0.15, 0.2) is 86.6 Å². The number of benzene rings is 2. The zero-order valence-electron chi connectivity index (χ0n) is 20.4. The van der Waals surface area contributed by atoms with Crippen molar-refractivity contribution in [3.8, 4) is 0 Å². The lowest BCUT2D eigenvalue weighted by molar-refractivity contribution is 0.347. The molecule has 36 heavy (non-hydrogen) atoms. The van der Waals surface area contributed by atoms with Crippen LogP contribution in [0.2, 0.25) is 0 Å². The van der Waals surface area contributed by atoms with Crippen LogP contribution in [0.3, 0.4) is 0 Å². The van der Waals surface area contributed by atoms with Gasteiger partial charge in [0.05, 0.1) is 14.7 Å². The molecule has 1 aromatic heterocycles. The Bertz CT molecular complexity index is 1430. The van der Waals surface area contributed by atoms with Gasteiger partial charge in [-0.15, -0.1) is 0 Å². The summed E-state index contributed by atoms with van der Waals surface area (Å²) in [5.41, 5.74) is 1.85. The summed E-state index contributed by atoms with van der Waals surface area (Å²) in [6.45, 7) is 2.09. The van der Waals surface area contributed by atoms with Gasteiger partial charge in [-0.25, -0.2) is 21.8 Å². The molecule has 1 N–H and O–H groups in total. The second kappa shape index (κ2) is 10.1. The summed E-state index contributed by atoms with van der Waals surface area (Å²) in [5, 5.41) is 3.50. The first kappa shape index (κ1) is 25.1. The maximum Gasteiger partial charge on any atom is 0.225 e. The quantitative estimate of drug-likeness (QED) is 0.412. The minimum atomic E-state index is -4.13. The molecule has 2 fully saturated rings. The maximum atomic E-state index is 13.7. The summed E-state index contributed by atoms with van der Waals surface area (Å²) in [5.74, 6) is 0.275. The largest absolute Gasteiger partial charge is 0.307 e.